The molecule has 2 fully saturated rings. The van der Waals surface area contributed by atoms with Crippen LogP contribution in [0.1, 0.15) is 44.6 Å². The monoisotopic (exact) mass is 374 g/mol. The lowest BCUT2D eigenvalue weighted by atomic mass is 9.94. The molecule has 3 rings (SSSR count). The number of benzene rings is 1. The van der Waals surface area contributed by atoms with Crippen LogP contribution in [0.15, 0.2) is 23.9 Å². The van der Waals surface area contributed by atoms with Gasteiger partial charge < -0.3 is 14.4 Å². The number of hydrogen-bond donors (Lipinski definition) is 0. The first-order valence-corrected chi connectivity index (χ1v) is 9.61. The second kappa shape index (κ2) is 8.08. The van der Waals surface area contributed by atoms with E-state index in [0.29, 0.717) is 28.9 Å². The number of thiocarbonyl (C=S) groups is 1. The fourth-order valence-corrected chi connectivity index (χ4v) is 3.98. The number of carbonyl (C=O) groups is 1. The van der Waals surface area contributed by atoms with Crippen molar-refractivity contribution in [2.45, 2.75) is 45.1 Å². The number of methoxy groups -OCH3 is 1. The van der Waals surface area contributed by atoms with E-state index in [4.69, 9.17) is 21.7 Å². The van der Waals surface area contributed by atoms with Crippen LogP contribution in [0, 0.1) is 0 Å². The maximum atomic E-state index is 13.0. The number of likely N-dealkylation sites (N-methyl/N-ethyl adjacent to an activating group) is 1. The number of amides is 1. The van der Waals surface area contributed by atoms with Crippen molar-refractivity contribution < 1.29 is 14.3 Å². The Kier molecular flexibility index (Phi) is 5.81. The summed E-state index contributed by atoms with van der Waals surface area (Å²) in [6, 6.07) is 5.90. The van der Waals surface area contributed by atoms with Gasteiger partial charge >= 0.3 is 0 Å². The summed E-state index contributed by atoms with van der Waals surface area (Å²) >= 11 is 5.56. The first kappa shape index (κ1) is 18.7. The molecule has 1 amide bonds. The molecule has 140 valence electrons. The van der Waals surface area contributed by atoms with Crippen molar-refractivity contribution in [2.24, 2.45) is 0 Å². The van der Waals surface area contributed by atoms with E-state index in [0.717, 1.165) is 31.2 Å². The normalized spacial score (nSPS) is 20.2. The second-order valence-corrected chi connectivity index (χ2v) is 7.05. The minimum absolute atomic E-state index is 0.00254. The van der Waals surface area contributed by atoms with Crippen LogP contribution in [-0.2, 0) is 4.79 Å². The van der Waals surface area contributed by atoms with Crippen LogP contribution in [0.3, 0.4) is 0 Å². The Hall–Kier alpha value is -2.08. The van der Waals surface area contributed by atoms with Crippen molar-refractivity contribution in [1.29, 1.82) is 0 Å². The molecular weight excluding hydrogens is 348 g/mol. The van der Waals surface area contributed by atoms with Crippen LogP contribution in [-0.4, -0.2) is 47.6 Å². The van der Waals surface area contributed by atoms with Gasteiger partial charge in [0, 0.05) is 13.1 Å². The maximum absolute atomic E-state index is 13.0. The van der Waals surface area contributed by atoms with Gasteiger partial charge in [-0.05, 0) is 55.8 Å². The van der Waals surface area contributed by atoms with Crippen molar-refractivity contribution >= 4 is 29.3 Å². The van der Waals surface area contributed by atoms with Gasteiger partial charge in [0.15, 0.2) is 16.6 Å². The van der Waals surface area contributed by atoms with Gasteiger partial charge in [0.2, 0.25) is 0 Å². The lowest BCUT2D eigenvalue weighted by Gasteiger charge is -2.30. The van der Waals surface area contributed by atoms with Gasteiger partial charge in [0.1, 0.15) is 5.70 Å². The van der Waals surface area contributed by atoms with Crippen molar-refractivity contribution in [3.63, 3.8) is 0 Å². The fraction of sp³-hybridized carbons (Fsp3) is 0.500. The molecule has 0 bridgehead atoms. The average Bonchev–Trinajstić information content (AvgIpc) is 2.87. The molecule has 1 heterocycles. The number of ether oxygens (including phenoxy) is 2. The SMILES string of the molecule is CCOc1ccc(/C=C2/C(=O)N(C3CCCCC3)C(=S)N2C)cc1OC. The van der Waals surface area contributed by atoms with Crippen molar-refractivity contribution in [3.8, 4) is 11.5 Å². The molecule has 0 radical (unpaired) electrons. The lowest BCUT2D eigenvalue weighted by Crippen LogP contribution is -2.41. The summed E-state index contributed by atoms with van der Waals surface area (Å²) in [6.45, 7) is 2.50. The first-order chi connectivity index (χ1) is 12.6. The molecule has 0 unspecified atom stereocenters. The van der Waals surface area contributed by atoms with E-state index < -0.39 is 0 Å². The largest absolute Gasteiger partial charge is 0.493 e. The lowest BCUT2D eigenvalue weighted by molar-refractivity contribution is -0.124. The molecule has 1 aliphatic carbocycles. The van der Waals surface area contributed by atoms with Crippen molar-refractivity contribution in [3.05, 3.63) is 29.5 Å². The summed E-state index contributed by atoms with van der Waals surface area (Å²) in [4.78, 5) is 16.7. The molecule has 1 aromatic carbocycles. The first-order valence-electron chi connectivity index (χ1n) is 9.20. The molecule has 0 atom stereocenters. The molecule has 0 N–H and O–H groups in total. The average molecular weight is 375 g/mol. The highest BCUT2D eigenvalue weighted by atomic mass is 32.1. The number of rotatable bonds is 5. The zero-order valence-corrected chi connectivity index (χ0v) is 16.5. The van der Waals surface area contributed by atoms with Gasteiger partial charge in [-0.1, -0.05) is 25.3 Å². The van der Waals surface area contributed by atoms with Gasteiger partial charge in [-0.15, -0.1) is 0 Å². The Balaban J connectivity index is 1.88. The van der Waals surface area contributed by atoms with Crippen LogP contribution < -0.4 is 9.47 Å². The quantitative estimate of drug-likeness (QED) is 0.579. The molecule has 6 heteroatoms. The van der Waals surface area contributed by atoms with Crippen LogP contribution in [0.4, 0.5) is 0 Å². The molecule has 2 aliphatic rings. The van der Waals surface area contributed by atoms with E-state index in [1.165, 1.54) is 6.42 Å². The fourth-order valence-electron chi connectivity index (χ4n) is 3.64. The Morgan fingerprint density at radius 1 is 1.23 bits per heavy atom. The summed E-state index contributed by atoms with van der Waals surface area (Å²) in [5.41, 5.74) is 1.49. The van der Waals surface area contributed by atoms with E-state index in [1.54, 1.807) is 7.11 Å². The standard InChI is InChI=1S/C20H26N2O3S/c1-4-25-17-11-10-14(13-18(17)24-3)12-16-19(23)22(20(26)21(16)2)15-8-6-5-7-9-15/h10-13,15H,4-9H2,1-3H3/b16-12-. The van der Waals surface area contributed by atoms with Gasteiger partial charge in [0.25, 0.3) is 5.91 Å². The van der Waals surface area contributed by atoms with Crippen LogP contribution in [0.2, 0.25) is 0 Å². The summed E-state index contributed by atoms with van der Waals surface area (Å²) < 4.78 is 11.0. The van der Waals surface area contributed by atoms with Gasteiger partial charge in [-0.25, -0.2) is 0 Å². The summed E-state index contributed by atoms with van der Waals surface area (Å²) in [7, 11) is 3.47. The molecule has 26 heavy (non-hydrogen) atoms. The molecule has 0 spiro atoms. The van der Waals surface area contributed by atoms with Crippen molar-refractivity contribution in [2.75, 3.05) is 20.8 Å². The second-order valence-electron chi connectivity index (χ2n) is 6.68. The number of hydrogen-bond acceptors (Lipinski definition) is 4. The maximum Gasteiger partial charge on any atom is 0.277 e. The highest BCUT2D eigenvalue weighted by molar-refractivity contribution is 7.80. The third-order valence-electron chi connectivity index (χ3n) is 5.02. The van der Waals surface area contributed by atoms with E-state index in [-0.39, 0.29) is 11.9 Å². The smallest absolute Gasteiger partial charge is 0.277 e. The predicted molar refractivity (Wildman–Crippen MR) is 106 cm³/mol. The summed E-state index contributed by atoms with van der Waals surface area (Å²) in [6.07, 6.45) is 7.51. The highest BCUT2D eigenvalue weighted by Gasteiger charge is 2.40. The Morgan fingerprint density at radius 3 is 2.62 bits per heavy atom. The van der Waals surface area contributed by atoms with Crippen molar-refractivity contribution in [1.82, 2.24) is 9.80 Å². The van der Waals surface area contributed by atoms with E-state index in [2.05, 4.69) is 0 Å². The zero-order chi connectivity index (χ0) is 18.7. The van der Waals surface area contributed by atoms with Gasteiger partial charge in [0.05, 0.1) is 13.7 Å². The minimum Gasteiger partial charge on any atom is -0.493 e. The van der Waals surface area contributed by atoms with Crippen LogP contribution in [0.5, 0.6) is 11.5 Å². The number of nitrogens with zero attached hydrogens (tertiary/aromatic N) is 2. The molecule has 1 aliphatic heterocycles. The third kappa shape index (κ3) is 3.56. The summed E-state index contributed by atoms with van der Waals surface area (Å²) in [5, 5.41) is 0.603. The topological polar surface area (TPSA) is 42.0 Å². The van der Waals surface area contributed by atoms with Gasteiger partial charge in [-0.2, -0.15) is 0 Å². The summed E-state index contributed by atoms with van der Waals surface area (Å²) in [5.74, 6) is 1.35. The van der Waals surface area contributed by atoms with Crippen LogP contribution >= 0.6 is 12.2 Å². The third-order valence-corrected chi connectivity index (χ3v) is 5.49. The van der Waals surface area contributed by atoms with E-state index in [1.807, 2.05) is 48.0 Å². The minimum atomic E-state index is -0.00254. The zero-order valence-electron chi connectivity index (χ0n) is 15.7. The Morgan fingerprint density at radius 2 is 1.96 bits per heavy atom. The molecule has 1 saturated carbocycles. The Bertz CT molecular complexity index is 726. The van der Waals surface area contributed by atoms with E-state index >= 15 is 0 Å². The Labute approximate surface area is 160 Å². The molecular formula is C20H26N2O3S. The van der Waals surface area contributed by atoms with E-state index in [9.17, 15) is 4.79 Å². The molecule has 0 aromatic heterocycles. The van der Waals surface area contributed by atoms with Crippen LogP contribution in [0.25, 0.3) is 6.08 Å². The number of carbonyl (C=O) groups excluding carboxylic acids is 1. The van der Waals surface area contributed by atoms with Gasteiger partial charge in [-0.3, -0.25) is 9.69 Å². The molecule has 1 saturated heterocycles. The molecule has 1 aromatic rings. The molecule has 5 nitrogen and oxygen atoms in total. The predicted octanol–water partition coefficient (Wildman–Crippen LogP) is 3.83. The highest BCUT2D eigenvalue weighted by Crippen LogP contribution is 2.32.